The molecule has 1 aromatic carbocycles. The van der Waals surface area contributed by atoms with Gasteiger partial charge in [0, 0.05) is 12.6 Å². The molecule has 0 amide bonds. The number of likely N-dealkylation sites (N-methyl/N-ethyl adjacent to an activating group) is 1. The molecule has 0 aromatic heterocycles. The van der Waals surface area contributed by atoms with Crippen molar-refractivity contribution in [2.45, 2.75) is 32.2 Å². The van der Waals surface area contributed by atoms with Crippen molar-refractivity contribution in [3.63, 3.8) is 0 Å². The van der Waals surface area contributed by atoms with Gasteiger partial charge in [0.1, 0.15) is 0 Å². The van der Waals surface area contributed by atoms with Crippen molar-refractivity contribution in [2.24, 2.45) is 5.92 Å². The molecule has 1 aromatic rings. The standard InChI is InChI=1S/C15H21F2NO/c1-2-18-14(12-6-4-8-19-10-12)9-11-5-3-7-13(16)15(11)17/h3,5,7,12,14,18H,2,4,6,8-10H2,1H3. The van der Waals surface area contributed by atoms with Crippen LogP contribution in [0.3, 0.4) is 0 Å². The summed E-state index contributed by atoms with van der Waals surface area (Å²) in [5.74, 6) is -1.12. The predicted octanol–water partition coefficient (Wildman–Crippen LogP) is 2.91. The van der Waals surface area contributed by atoms with Gasteiger partial charge in [0.15, 0.2) is 11.6 Å². The summed E-state index contributed by atoms with van der Waals surface area (Å²) in [4.78, 5) is 0. The van der Waals surface area contributed by atoms with Crippen molar-refractivity contribution in [1.82, 2.24) is 5.32 Å². The first-order valence-corrected chi connectivity index (χ1v) is 6.96. The summed E-state index contributed by atoms with van der Waals surface area (Å²) in [6.07, 6.45) is 2.62. The Hall–Kier alpha value is -1.00. The molecule has 1 saturated heterocycles. The van der Waals surface area contributed by atoms with E-state index >= 15 is 0 Å². The second-order valence-corrected chi connectivity index (χ2v) is 5.06. The molecule has 1 fully saturated rings. The molecule has 2 atom stereocenters. The van der Waals surface area contributed by atoms with Crippen LogP contribution in [-0.4, -0.2) is 25.8 Å². The summed E-state index contributed by atoms with van der Waals surface area (Å²) in [6, 6.07) is 4.52. The van der Waals surface area contributed by atoms with Crippen molar-refractivity contribution in [1.29, 1.82) is 0 Å². The van der Waals surface area contributed by atoms with E-state index < -0.39 is 11.6 Å². The lowest BCUT2D eigenvalue weighted by Crippen LogP contribution is -2.41. The van der Waals surface area contributed by atoms with Crippen molar-refractivity contribution < 1.29 is 13.5 Å². The summed E-state index contributed by atoms with van der Waals surface area (Å²) in [6.45, 7) is 4.36. The van der Waals surface area contributed by atoms with Gasteiger partial charge in [-0.25, -0.2) is 8.78 Å². The van der Waals surface area contributed by atoms with Crippen LogP contribution >= 0.6 is 0 Å². The van der Waals surface area contributed by atoms with Crippen LogP contribution in [0.15, 0.2) is 18.2 Å². The molecule has 0 radical (unpaired) electrons. The number of rotatable bonds is 5. The number of hydrogen-bond acceptors (Lipinski definition) is 2. The highest BCUT2D eigenvalue weighted by Gasteiger charge is 2.25. The third kappa shape index (κ3) is 3.74. The summed E-state index contributed by atoms with van der Waals surface area (Å²) in [5, 5.41) is 3.38. The zero-order valence-electron chi connectivity index (χ0n) is 11.3. The van der Waals surface area contributed by atoms with Gasteiger partial charge in [-0.05, 0) is 43.4 Å². The molecule has 2 nitrogen and oxygen atoms in total. The molecule has 1 aliphatic rings. The van der Waals surface area contributed by atoms with Crippen LogP contribution in [0.2, 0.25) is 0 Å². The fourth-order valence-electron chi connectivity index (χ4n) is 2.69. The minimum absolute atomic E-state index is 0.140. The molecular formula is C15H21F2NO. The van der Waals surface area contributed by atoms with E-state index in [1.54, 1.807) is 12.1 Å². The summed E-state index contributed by atoms with van der Waals surface area (Å²) < 4.78 is 32.5. The Balaban J connectivity index is 2.08. The van der Waals surface area contributed by atoms with Gasteiger partial charge in [-0.15, -0.1) is 0 Å². The van der Waals surface area contributed by atoms with Gasteiger partial charge in [0.25, 0.3) is 0 Å². The van der Waals surface area contributed by atoms with Gasteiger partial charge in [0.2, 0.25) is 0 Å². The van der Waals surface area contributed by atoms with E-state index in [9.17, 15) is 8.78 Å². The Labute approximate surface area is 113 Å². The van der Waals surface area contributed by atoms with Crippen molar-refractivity contribution >= 4 is 0 Å². The topological polar surface area (TPSA) is 21.3 Å². The molecule has 0 bridgehead atoms. The number of hydrogen-bond donors (Lipinski definition) is 1. The molecule has 1 N–H and O–H groups in total. The summed E-state index contributed by atoms with van der Waals surface area (Å²) >= 11 is 0. The molecule has 19 heavy (non-hydrogen) atoms. The minimum atomic E-state index is -0.771. The van der Waals surface area contributed by atoms with E-state index in [-0.39, 0.29) is 6.04 Å². The fourth-order valence-corrected chi connectivity index (χ4v) is 2.69. The van der Waals surface area contributed by atoms with E-state index in [2.05, 4.69) is 5.32 Å². The van der Waals surface area contributed by atoms with Gasteiger partial charge in [-0.3, -0.25) is 0 Å². The van der Waals surface area contributed by atoms with Crippen LogP contribution in [0.5, 0.6) is 0 Å². The quantitative estimate of drug-likeness (QED) is 0.887. The Kier molecular flexibility index (Phi) is 5.28. The minimum Gasteiger partial charge on any atom is -0.381 e. The summed E-state index contributed by atoms with van der Waals surface area (Å²) in [5.41, 5.74) is 0.441. The number of nitrogens with one attached hydrogen (secondary N) is 1. The molecule has 0 aliphatic carbocycles. The van der Waals surface area contributed by atoms with E-state index in [0.717, 1.165) is 32.1 Å². The monoisotopic (exact) mass is 269 g/mol. The molecule has 2 unspecified atom stereocenters. The first-order valence-electron chi connectivity index (χ1n) is 6.96. The van der Waals surface area contributed by atoms with E-state index in [1.807, 2.05) is 6.92 Å². The van der Waals surface area contributed by atoms with Crippen LogP contribution in [0, 0.1) is 17.6 Å². The smallest absolute Gasteiger partial charge is 0.162 e. The lowest BCUT2D eigenvalue weighted by atomic mass is 9.89. The Bertz CT molecular complexity index is 405. The van der Waals surface area contributed by atoms with Crippen LogP contribution < -0.4 is 5.32 Å². The first-order chi connectivity index (χ1) is 9.22. The van der Waals surface area contributed by atoms with Gasteiger partial charge >= 0.3 is 0 Å². The van der Waals surface area contributed by atoms with Crippen molar-refractivity contribution in [3.8, 4) is 0 Å². The zero-order valence-corrected chi connectivity index (χ0v) is 11.3. The van der Waals surface area contributed by atoms with Gasteiger partial charge < -0.3 is 10.1 Å². The Morgan fingerprint density at radius 1 is 1.42 bits per heavy atom. The first kappa shape index (κ1) is 14.4. The molecule has 2 rings (SSSR count). The number of ether oxygens (including phenoxy) is 1. The maximum atomic E-state index is 13.7. The van der Waals surface area contributed by atoms with Crippen LogP contribution in [0.25, 0.3) is 0 Å². The van der Waals surface area contributed by atoms with E-state index in [1.165, 1.54) is 0 Å². The highest BCUT2D eigenvalue weighted by Crippen LogP contribution is 2.22. The van der Waals surface area contributed by atoms with Crippen LogP contribution in [-0.2, 0) is 11.2 Å². The molecule has 4 heteroatoms. The third-order valence-electron chi connectivity index (χ3n) is 3.70. The second kappa shape index (κ2) is 6.96. The van der Waals surface area contributed by atoms with Gasteiger partial charge in [-0.1, -0.05) is 19.1 Å². The normalized spacial score (nSPS) is 21.3. The third-order valence-corrected chi connectivity index (χ3v) is 3.70. The number of halogens is 2. The van der Waals surface area contributed by atoms with Crippen molar-refractivity contribution in [2.75, 3.05) is 19.8 Å². The largest absolute Gasteiger partial charge is 0.381 e. The molecule has 0 spiro atoms. The fraction of sp³-hybridized carbons (Fsp3) is 0.600. The maximum Gasteiger partial charge on any atom is 0.162 e. The molecule has 1 aliphatic heterocycles. The molecular weight excluding hydrogens is 248 g/mol. The Morgan fingerprint density at radius 2 is 2.26 bits per heavy atom. The highest BCUT2D eigenvalue weighted by molar-refractivity contribution is 5.20. The maximum absolute atomic E-state index is 13.7. The predicted molar refractivity (Wildman–Crippen MR) is 71.1 cm³/mol. The second-order valence-electron chi connectivity index (χ2n) is 5.06. The zero-order chi connectivity index (χ0) is 13.7. The highest BCUT2D eigenvalue weighted by atomic mass is 19.2. The number of benzene rings is 1. The lowest BCUT2D eigenvalue weighted by Gasteiger charge is -2.31. The average molecular weight is 269 g/mol. The lowest BCUT2D eigenvalue weighted by molar-refractivity contribution is 0.0394. The molecule has 106 valence electrons. The van der Waals surface area contributed by atoms with E-state index in [0.29, 0.717) is 24.5 Å². The van der Waals surface area contributed by atoms with Crippen LogP contribution in [0.1, 0.15) is 25.3 Å². The van der Waals surface area contributed by atoms with Crippen molar-refractivity contribution in [3.05, 3.63) is 35.4 Å². The summed E-state index contributed by atoms with van der Waals surface area (Å²) in [7, 11) is 0. The van der Waals surface area contributed by atoms with Gasteiger partial charge in [0.05, 0.1) is 6.61 Å². The average Bonchev–Trinajstić information content (AvgIpc) is 2.44. The molecule has 0 saturated carbocycles. The SMILES string of the molecule is CCNC(Cc1cccc(F)c1F)C1CCCOC1. The van der Waals surface area contributed by atoms with Crippen LogP contribution in [0.4, 0.5) is 8.78 Å². The van der Waals surface area contributed by atoms with Gasteiger partial charge in [-0.2, -0.15) is 0 Å². The Morgan fingerprint density at radius 3 is 2.95 bits per heavy atom. The molecule has 1 heterocycles. The van der Waals surface area contributed by atoms with E-state index in [4.69, 9.17) is 4.74 Å².